The van der Waals surface area contributed by atoms with Crippen molar-refractivity contribution in [2.24, 2.45) is 0 Å². The largest absolute Gasteiger partial charge is 0.496 e. The molecular formula is C12H16N2O. The maximum atomic E-state index is 8.44. The quantitative estimate of drug-likeness (QED) is 0.602. The summed E-state index contributed by atoms with van der Waals surface area (Å²) in [4.78, 5) is 0. The van der Waals surface area contributed by atoms with Crippen LogP contribution >= 0.6 is 0 Å². The Bertz CT molecular complexity index is 380. The van der Waals surface area contributed by atoms with Crippen molar-refractivity contribution in [3.8, 4) is 11.8 Å². The predicted molar refractivity (Wildman–Crippen MR) is 59.8 cm³/mol. The van der Waals surface area contributed by atoms with Gasteiger partial charge in [0.2, 0.25) is 0 Å². The van der Waals surface area contributed by atoms with Crippen LogP contribution in [0.3, 0.4) is 0 Å². The summed E-state index contributed by atoms with van der Waals surface area (Å²) in [5.41, 5.74) is 3.50. The van der Waals surface area contributed by atoms with Gasteiger partial charge in [0.1, 0.15) is 5.75 Å². The Morgan fingerprint density at radius 3 is 2.73 bits per heavy atom. The highest BCUT2D eigenvalue weighted by atomic mass is 16.5. The molecule has 1 aromatic carbocycles. The van der Waals surface area contributed by atoms with Gasteiger partial charge in [-0.15, -0.1) is 0 Å². The molecule has 0 aliphatic heterocycles. The molecule has 0 bridgehead atoms. The molecule has 0 amide bonds. The Morgan fingerprint density at radius 1 is 1.40 bits per heavy atom. The van der Waals surface area contributed by atoms with Crippen molar-refractivity contribution in [2.75, 3.05) is 13.7 Å². The lowest BCUT2D eigenvalue weighted by atomic mass is 10.0. The number of ether oxygens (including phenoxy) is 1. The Morgan fingerprint density at radius 2 is 2.13 bits per heavy atom. The molecule has 0 atom stereocenters. The van der Waals surface area contributed by atoms with Crippen molar-refractivity contribution >= 4 is 0 Å². The molecule has 1 rings (SSSR count). The van der Waals surface area contributed by atoms with Crippen molar-refractivity contribution in [1.82, 2.24) is 5.32 Å². The van der Waals surface area contributed by atoms with Crippen LogP contribution in [0.4, 0.5) is 0 Å². The summed E-state index contributed by atoms with van der Waals surface area (Å²) >= 11 is 0. The molecule has 0 unspecified atom stereocenters. The molecule has 0 heterocycles. The average Bonchev–Trinajstić information content (AvgIpc) is 2.20. The van der Waals surface area contributed by atoms with Gasteiger partial charge < -0.3 is 10.1 Å². The molecule has 3 heteroatoms. The van der Waals surface area contributed by atoms with Crippen LogP contribution in [0, 0.1) is 25.2 Å². The highest BCUT2D eigenvalue weighted by Crippen LogP contribution is 2.23. The van der Waals surface area contributed by atoms with Gasteiger partial charge in [0, 0.05) is 12.1 Å². The second kappa shape index (κ2) is 5.38. The fraction of sp³-hybridized carbons (Fsp3) is 0.417. The minimum absolute atomic E-state index is 0.358. The first-order valence-corrected chi connectivity index (χ1v) is 4.90. The van der Waals surface area contributed by atoms with E-state index in [1.165, 1.54) is 11.1 Å². The summed E-state index contributed by atoms with van der Waals surface area (Å²) in [7, 11) is 1.67. The number of nitrogens with zero attached hydrogens (tertiary/aromatic N) is 1. The van der Waals surface area contributed by atoms with Crippen LogP contribution in [-0.4, -0.2) is 13.7 Å². The number of benzene rings is 1. The molecule has 15 heavy (non-hydrogen) atoms. The third-order valence-electron chi connectivity index (χ3n) is 2.30. The van der Waals surface area contributed by atoms with Gasteiger partial charge in [-0.3, -0.25) is 0 Å². The molecule has 1 aromatic rings. The summed E-state index contributed by atoms with van der Waals surface area (Å²) in [5.74, 6) is 0.887. The second-order valence-corrected chi connectivity index (χ2v) is 3.52. The maximum absolute atomic E-state index is 8.44. The van der Waals surface area contributed by atoms with E-state index in [1.807, 2.05) is 13.0 Å². The third kappa shape index (κ3) is 2.97. The first-order chi connectivity index (χ1) is 7.19. The number of aryl methyl sites for hydroxylation is 2. The van der Waals surface area contributed by atoms with Crippen molar-refractivity contribution in [2.45, 2.75) is 20.4 Å². The number of methoxy groups -OCH3 is 1. The van der Waals surface area contributed by atoms with E-state index in [-0.39, 0.29) is 0 Å². The summed E-state index contributed by atoms with van der Waals surface area (Å²) in [6, 6.07) is 6.18. The van der Waals surface area contributed by atoms with Crippen LogP contribution in [-0.2, 0) is 6.54 Å². The summed E-state index contributed by atoms with van der Waals surface area (Å²) in [6.45, 7) is 5.13. The normalized spacial score (nSPS) is 9.73. The summed E-state index contributed by atoms with van der Waals surface area (Å²) in [5, 5.41) is 11.5. The lowest BCUT2D eigenvalue weighted by Crippen LogP contribution is -2.14. The highest BCUT2D eigenvalue weighted by molar-refractivity contribution is 5.42. The van der Waals surface area contributed by atoms with Crippen molar-refractivity contribution in [3.05, 3.63) is 28.8 Å². The minimum atomic E-state index is 0.358. The number of rotatable bonds is 4. The fourth-order valence-electron chi connectivity index (χ4n) is 1.61. The predicted octanol–water partition coefficient (Wildman–Crippen LogP) is 1.93. The van der Waals surface area contributed by atoms with Gasteiger partial charge in [-0.1, -0.05) is 6.07 Å². The van der Waals surface area contributed by atoms with E-state index >= 15 is 0 Å². The molecule has 0 saturated carbocycles. The second-order valence-electron chi connectivity index (χ2n) is 3.52. The molecular weight excluding hydrogens is 188 g/mol. The number of nitrogens with one attached hydrogen (secondary N) is 1. The van der Waals surface area contributed by atoms with Gasteiger partial charge in [-0.2, -0.15) is 5.26 Å². The topological polar surface area (TPSA) is 45.0 Å². The molecule has 0 radical (unpaired) electrons. The van der Waals surface area contributed by atoms with Crippen molar-refractivity contribution < 1.29 is 4.74 Å². The zero-order valence-electron chi connectivity index (χ0n) is 9.42. The van der Waals surface area contributed by atoms with E-state index in [1.54, 1.807) is 7.11 Å². The Kier molecular flexibility index (Phi) is 4.14. The van der Waals surface area contributed by atoms with Gasteiger partial charge in [0.05, 0.1) is 19.7 Å². The molecule has 1 N–H and O–H groups in total. The van der Waals surface area contributed by atoms with E-state index in [9.17, 15) is 0 Å². The van der Waals surface area contributed by atoms with Crippen LogP contribution < -0.4 is 10.1 Å². The van der Waals surface area contributed by atoms with E-state index in [0.29, 0.717) is 13.1 Å². The van der Waals surface area contributed by atoms with Gasteiger partial charge in [0.25, 0.3) is 0 Å². The van der Waals surface area contributed by atoms with Crippen molar-refractivity contribution in [3.63, 3.8) is 0 Å². The molecule has 0 saturated heterocycles. The maximum Gasteiger partial charge on any atom is 0.123 e. The van der Waals surface area contributed by atoms with Gasteiger partial charge in [-0.25, -0.2) is 0 Å². The standard InChI is InChI=1S/C12H16N2O/c1-9-6-10(2)11(8-14-5-4-13)12(7-9)15-3/h6-7,14H,5,8H2,1-3H3. The minimum Gasteiger partial charge on any atom is -0.496 e. The first-order valence-electron chi connectivity index (χ1n) is 4.90. The third-order valence-corrected chi connectivity index (χ3v) is 2.30. The van der Waals surface area contributed by atoms with Gasteiger partial charge in [0.15, 0.2) is 0 Å². The van der Waals surface area contributed by atoms with Gasteiger partial charge in [-0.05, 0) is 31.0 Å². The average molecular weight is 204 g/mol. The molecule has 3 nitrogen and oxygen atoms in total. The van der Waals surface area contributed by atoms with E-state index in [4.69, 9.17) is 10.00 Å². The van der Waals surface area contributed by atoms with Gasteiger partial charge >= 0.3 is 0 Å². The highest BCUT2D eigenvalue weighted by Gasteiger charge is 2.06. The van der Waals surface area contributed by atoms with Crippen LogP contribution in [0.15, 0.2) is 12.1 Å². The smallest absolute Gasteiger partial charge is 0.123 e. The molecule has 0 aromatic heterocycles. The van der Waals surface area contributed by atoms with E-state index in [0.717, 1.165) is 11.3 Å². The molecule has 0 aliphatic rings. The van der Waals surface area contributed by atoms with Crippen LogP contribution in [0.25, 0.3) is 0 Å². The fourth-order valence-corrected chi connectivity index (χ4v) is 1.61. The molecule has 0 aliphatic carbocycles. The van der Waals surface area contributed by atoms with Crippen molar-refractivity contribution in [1.29, 1.82) is 5.26 Å². The SMILES string of the molecule is COc1cc(C)cc(C)c1CNCC#N. The monoisotopic (exact) mass is 204 g/mol. The zero-order chi connectivity index (χ0) is 11.3. The number of hydrogen-bond acceptors (Lipinski definition) is 3. The Hall–Kier alpha value is -1.53. The van der Waals surface area contributed by atoms with E-state index < -0.39 is 0 Å². The van der Waals surface area contributed by atoms with E-state index in [2.05, 4.69) is 24.4 Å². The Balaban J connectivity index is 2.90. The molecule has 80 valence electrons. The molecule has 0 spiro atoms. The first kappa shape index (κ1) is 11.5. The number of nitriles is 1. The summed E-state index contributed by atoms with van der Waals surface area (Å²) in [6.07, 6.45) is 0. The zero-order valence-corrected chi connectivity index (χ0v) is 9.42. The van der Waals surface area contributed by atoms with Crippen LogP contribution in [0.2, 0.25) is 0 Å². The lowest BCUT2D eigenvalue weighted by molar-refractivity contribution is 0.407. The van der Waals surface area contributed by atoms with Crippen LogP contribution in [0.5, 0.6) is 5.75 Å². The molecule has 0 fully saturated rings. The lowest BCUT2D eigenvalue weighted by Gasteiger charge is -2.12. The number of hydrogen-bond donors (Lipinski definition) is 1. The Labute approximate surface area is 90.7 Å². The van der Waals surface area contributed by atoms with Crippen LogP contribution in [0.1, 0.15) is 16.7 Å². The summed E-state index contributed by atoms with van der Waals surface area (Å²) < 4.78 is 5.31.